The molecule has 0 spiro atoms. The highest BCUT2D eigenvalue weighted by Crippen LogP contribution is 2.38. The van der Waals surface area contributed by atoms with Crippen LogP contribution >= 0.6 is 0 Å². The molecular weight excluding hydrogens is 340 g/mol. The number of nitrogens with one attached hydrogen (secondary N) is 2. The Labute approximate surface area is 157 Å². The average molecular weight is 362 g/mol. The first-order valence-electron chi connectivity index (χ1n) is 9.42. The van der Waals surface area contributed by atoms with Gasteiger partial charge in [0.2, 0.25) is 5.95 Å². The van der Waals surface area contributed by atoms with Crippen molar-refractivity contribution in [1.29, 1.82) is 0 Å². The second-order valence-corrected chi connectivity index (χ2v) is 7.35. The molecule has 2 aliphatic heterocycles. The lowest BCUT2D eigenvalue weighted by Gasteiger charge is -2.37. The van der Waals surface area contributed by atoms with Crippen LogP contribution in [0.3, 0.4) is 0 Å². The summed E-state index contributed by atoms with van der Waals surface area (Å²) in [6.45, 7) is 0. The Morgan fingerprint density at radius 3 is 2.52 bits per heavy atom. The summed E-state index contributed by atoms with van der Waals surface area (Å²) in [6, 6.07) is 10.8. The number of nitrogens with zero attached hydrogens (tertiary/aromatic N) is 4. The second-order valence-electron chi connectivity index (χ2n) is 7.35. The fourth-order valence-electron chi connectivity index (χ4n) is 4.32. The van der Waals surface area contributed by atoms with E-state index in [1.54, 1.807) is 6.20 Å². The smallest absolute Gasteiger partial charge is 0.227 e. The third-order valence-corrected chi connectivity index (χ3v) is 5.57. The van der Waals surface area contributed by atoms with Gasteiger partial charge in [0.1, 0.15) is 5.82 Å². The van der Waals surface area contributed by atoms with Crippen LogP contribution in [-0.2, 0) is 0 Å². The van der Waals surface area contributed by atoms with Crippen LogP contribution < -0.4 is 10.2 Å². The van der Waals surface area contributed by atoms with Crippen LogP contribution in [0.5, 0.6) is 0 Å². The van der Waals surface area contributed by atoms with Crippen LogP contribution in [0.2, 0.25) is 0 Å². The van der Waals surface area contributed by atoms with E-state index in [1.807, 2.05) is 30.6 Å². The van der Waals surface area contributed by atoms with Gasteiger partial charge in [0.25, 0.3) is 0 Å². The number of aliphatic hydroxyl groups excluding tert-OH is 1. The topological polar surface area (TPSA) is 90.0 Å². The number of aromatic nitrogens is 4. The van der Waals surface area contributed by atoms with Crippen LogP contribution in [0.25, 0.3) is 11.1 Å². The van der Waals surface area contributed by atoms with Crippen molar-refractivity contribution < 1.29 is 5.11 Å². The van der Waals surface area contributed by atoms with Crippen LogP contribution in [0.4, 0.5) is 17.5 Å². The zero-order chi connectivity index (χ0) is 18.2. The molecule has 4 heterocycles. The lowest BCUT2D eigenvalue weighted by Crippen LogP contribution is -2.45. The van der Waals surface area contributed by atoms with Crippen LogP contribution in [0.15, 0.2) is 48.9 Å². The molecule has 3 N–H and O–H groups in total. The fourth-order valence-corrected chi connectivity index (χ4v) is 4.32. The Kier molecular flexibility index (Phi) is 4.01. The Morgan fingerprint density at radius 2 is 1.81 bits per heavy atom. The molecular formula is C20H22N6O. The Morgan fingerprint density at radius 1 is 1.04 bits per heavy atom. The standard InChI is InChI=1S/C20H22N6O/c27-18-9-16-5-6-17(10-18)26(16)20-21-8-7-19(25-20)24-15-3-1-13(2-4-15)14-11-22-23-12-14/h1-4,7-8,11-12,16-18,27H,5-6,9-10H2,(H,22,23)(H,21,24,25). The maximum atomic E-state index is 10.0. The number of H-pyrrole nitrogens is 1. The Hall–Kier alpha value is -2.93. The van der Waals surface area contributed by atoms with Crippen LogP contribution in [-0.4, -0.2) is 43.5 Å². The summed E-state index contributed by atoms with van der Waals surface area (Å²) in [5.41, 5.74) is 3.15. The third kappa shape index (κ3) is 3.14. The molecule has 2 fully saturated rings. The monoisotopic (exact) mass is 362 g/mol. The van der Waals surface area contributed by atoms with Crippen molar-refractivity contribution in [3.63, 3.8) is 0 Å². The predicted molar refractivity (Wildman–Crippen MR) is 104 cm³/mol. The summed E-state index contributed by atoms with van der Waals surface area (Å²) in [6.07, 6.45) is 9.14. The minimum Gasteiger partial charge on any atom is -0.393 e. The first kappa shape index (κ1) is 16.3. The zero-order valence-electron chi connectivity index (χ0n) is 14.9. The summed E-state index contributed by atoms with van der Waals surface area (Å²) < 4.78 is 0. The molecule has 3 aromatic rings. The molecule has 0 saturated carbocycles. The summed E-state index contributed by atoms with van der Waals surface area (Å²) in [5, 5.41) is 20.2. The molecule has 0 aliphatic carbocycles. The van der Waals surface area contributed by atoms with Crippen molar-refractivity contribution in [2.24, 2.45) is 0 Å². The molecule has 0 amide bonds. The highest BCUT2D eigenvalue weighted by atomic mass is 16.3. The fraction of sp³-hybridized carbons (Fsp3) is 0.350. The van der Waals surface area contributed by atoms with Gasteiger partial charge in [-0.2, -0.15) is 10.1 Å². The summed E-state index contributed by atoms with van der Waals surface area (Å²) in [7, 11) is 0. The lowest BCUT2D eigenvalue weighted by atomic mass is 10.0. The van der Waals surface area contributed by atoms with E-state index < -0.39 is 0 Å². The molecule has 2 saturated heterocycles. The van der Waals surface area contributed by atoms with Gasteiger partial charge in [-0.05, 0) is 49.4 Å². The number of benzene rings is 1. The third-order valence-electron chi connectivity index (χ3n) is 5.57. The first-order valence-corrected chi connectivity index (χ1v) is 9.42. The Balaban J connectivity index is 1.34. The molecule has 2 unspecified atom stereocenters. The van der Waals surface area contributed by atoms with Gasteiger partial charge in [-0.25, -0.2) is 4.98 Å². The first-order chi connectivity index (χ1) is 13.3. The predicted octanol–water partition coefficient (Wildman–Crippen LogP) is 3.10. The molecule has 2 aromatic heterocycles. The summed E-state index contributed by atoms with van der Waals surface area (Å²) >= 11 is 0. The SMILES string of the molecule is OC1CC2CCC(C1)N2c1nccc(Nc2ccc(-c3cn[nH]c3)cc2)n1. The van der Waals surface area contributed by atoms with E-state index in [0.29, 0.717) is 12.1 Å². The van der Waals surface area contributed by atoms with E-state index in [0.717, 1.165) is 54.3 Å². The minimum absolute atomic E-state index is 0.186. The van der Waals surface area contributed by atoms with E-state index in [4.69, 9.17) is 4.98 Å². The number of anilines is 3. The van der Waals surface area contributed by atoms with Gasteiger partial charge in [-0.3, -0.25) is 5.10 Å². The summed E-state index contributed by atoms with van der Waals surface area (Å²) in [4.78, 5) is 11.5. The zero-order valence-corrected chi connectivity index (χ0v) is 14.9. The van der Waals surface area contributed by atoms with Crippen molar-refractivity contribution in [2.45, 2.75) is 43.9 Å². The van der Waals surface area contributed by atoms with Crippen molar-refractivity contribution >= 4 is 17.5 Å². The number of hydrogen-bond donors (Lipinski definition) is 3. The van der Waals surface area contributed by atoms with Crippen molar-refractivity contribution in [2.75, 3.05) is 10.2 Å². The second kappa shape index (κ2) is 6.66. The van der Waals surface area contributed by atoms with Gasteiger partial charge in [0, 0.05) is 35.7 Å². The van der Waals surface area contributed by atoms with Crippen LogP contribution in [0, 0.1) is 0 Å². The van der Waals surface area contributed by atoms with Gasteiger partial charge in [0.05, 0.1) is 12.3 Å². The van der Waals surface area contributed by atoms with E-state index in [-0.39, 0.29) is 6.10 Å². The van der Waals surface area contributed by atoms with E-state index in [2.05, 4.69) is 37.5 Å². The quantitative estimate of drug-likeness (QED) is 0.661. The molecule has 1 aromatic carbocycles. The molecule has 2 atom stereocenters. The maximum absolute atomic E-state index is 10.0. The van der Waals surface area contributed by atoms with Crippen molar-refractivity contribution in [3.8, 4) is 11.1 Å². The number of rotatable bonds is 4. The highest BCUT2D eigenvalue weighted by Gasteiger charge is 2.41. The minimum atomic E-state index is -0.186. The molecule has 0 radical (unpaired) electrons. The number of fused-ring (bicyclic) bond motifs is 2. The molecule has 138 valence electrons. The molecule has 2 bridgehead atoms. The highest BCUT2D eigenvalue weighted by molar-refractivity contribution is 5.66. The maximum Gasteiger partial charge on any atom is 0.227 e. The van der Waals surface area contributed by atoms with Gasteiger partial charge in [0.15, 0.2) is 0 Å². The number of aromatic amines is 1. The van der Waals surface area contributed by atoms with E-state index in [9.17, 15) is 5.11 Å². The Bertz CT molecular complexity index is 896. The molecule has 7 heteroatoms. The largest absolute Gasteiger partial charge is 0.393 e. The average Bonchev–Trinajstić information content (AvgIpc) is 3.30. The van der Waals surface area contributed by atoms with E-state index in [1.165, 1.54) is 0 Å². The summed E-state index contributed by atoms with van der Waals surface area (Å²) in [5.74, 6) is 1.54. The normalized spacial score (nSPS) is 24.2. The van der Waals surface area contributed by atoms with Crippen molar-refractivity contribution in [3.05, 3.63) is 48.9 Å². The van der Waals surface area contributed by atoms with Crippen molar-refractivity contribution in [1.82, 2.24) is 20.2 Å². The van der Waals surface area contributed by atoms with Gasteiger partial charge >= 0.3 is 0 Å². The number of hydrogen-bond acceptors (Lipinski definition) is 6. The van der Waals surface area contributed by atoms with Gasteiger partial charge in [-0.1, -0.05) is 12.1 Å². The van der Waals surface area contributed by atoms with E-state index >= 15 is 0 Å². The van der Waals surface area contributed by atoms with Gasteiger partial charge < -0.3 is 15.3 Å². The number of aliphatic hydroxyl groups is 1. The molecule has 5 rings (SSSR count). The molecule has 2 aliphatic rings. The number of piperidine rings is 1. The van der Waals surface area contributed by atoms with Gasteiger partial charge in [-0.15, -0.1) is 0 Å². The molecule has 7 nitrogen and oxygen atoms in total. The lowest BCUT2D eigenvalue weighted by molar-refractivity contribution is 0.125. The van der Waals surface area contributed by atoms with Crippen LogP contribution in [0.1, 0.15) is 25.7 Å². The molecule has 27 heavy (non-hydrogen) atoms.